The molecule has 18 heavy (non-hydrogen) atoms. The third-order valence-electron chi connectivity index (χ3n) is 3.13. The first-order chi connectivity index (χ1) is 8.70. The lowest BCUT2D eigenvalue weighted by molar-refractivity contribution is 0.182. The van der Waals surface area contributed by atoms with Crippen LogP contribution in [0, 0.1) is 0 Å². The van der Waals surface area contributed by atoms with Crippen molar-refractivity contribution in [2.45, 2.75) is 32.0 Å². The van der Waals surface area contributed by atoms with Crippen molar-refractivity contribution in [3.63, 3.8) is 0 Å². The lowest BCUT2D eigenvalue weighted by Gasteiger charge is -2.24. The van der Waals surface area contributed by atoms with Crippen molar-refractivity contribution in [3.05, 3.63) is 23.8 Å². The van der Waals surface area contributed by atoms with E-state index in [1.54, 1.807) is 14.0 Å². The highest BCUT2D eigenvalue weighted by Gasteiger charge is 2.17. The van der Waals surface area contributed by atoms with E-state index in [1.165, 1.54) is 11.5 Å². The fourth-order valence-electron chi connectivity index (χ4n) is 2.01. The van der Waals surface area contributed by atoms with Gasteiger partial charge in [-0.15, -0.1) is 0 Å². The molecule has 1 N–H and O–H groups in total. The molecule has 0 saturated carbocycles. The van der Waals surface area contributed by atoms with Gasteiger partial charge in [0, 0.05) is 0 Å². The summed E-state index contributed by atoms with van der Waals surface area (Å²) < 4.78 is 11.3. The van der Waals surface area contributed by atoms with E-state index in [-0.39, 0.29) is 6.10 Å². The van der Waals surface area contributed by atoms with Crippen LogP contribution >= 0.6 is 11.8 Å². The summed E-state index contributed by atoms with van der Waals surface area (Å²) in [6.07, 6.45) is 1.98. The Labute approximate surface area is 112 Å². The number of aliphatic hydroxyl groups excluding tert-OH is 1. The van der Waals surface area contributed by atoms with Crippen LogP contribution in [0.15, 0.2) is 18.2 Å². The zero-order chi connectivity index (χ0) is 13.0. The molecule has 0 spiro atoms. The van der Waals surface area contributed by atoms with E-state index in [1.807, 2.05) is 30.0 Å². The number of ether oxygens (including phenoxy) is 2. The second kappa shape index (κ2) is 6.34. The average molecular weight is 268 g/mol. The Morgan fingerprint density at radius 2 is 2.00 bits per heavy atom. The summed E-state index contributed by atoms with van der Waals surface area (Å²) in [5.41, 5.74) is 0.846. The maximum absolute atomic E-state index is 9.56. The molecule has 2 rings (SSSR count). The van der Waals surface area contributed by atoms with Crippen LogP contribution in [-0.2, 0) is 0 Å². The highest BCUT2D eigenvalue weighted by Crippen LogP contribution is 2.32. The summed E-state index contributed by atoms with van der Waals surface area (Å²) in [6.45, 7) is 1.74. The molecule has 1 aromatic rings. The van der Waals surface area contributed by atoms with E-state index < -0.39 is 6.10 Å². The van der Waals surface area contributed by atoms with E-state index >= 15 is 0 Å². The molecule has 0 aromatic heterocycles. The second-order valence-corrected chi connectivity index (χ2v) is 5.74. The van der Waals surface area contributed by atoms with E-state index in [2.05, 4.69) is 0 Å². The highest BCUT2D eigenvalue weighted by atomic mass is 32.2. The number of aliphatic hydroxyl groups is 1. The Kier molecular flexibility index (Phi) is 4.78. The molecule has 0 bridgehead atoms. The topological polar surface area (TPSA) is 38.7 Å². The molecule has 1 aliphatic heterocycles. The van der Waals surface area contributed by atoms with Crippen molar-refractivity contribution >= 4 is 11.8 Å². The smallest absolute Gasteiger partial charge is 0.161 e. The molecule has 0 radical (unpaired) electrons. The standard InChI is InChI=1S/C14H20O3S/c1-10(15)11-3-4-13(14(9-11)16-2)17-12-5-7-18-8-6-12/h3-4,9-10,12,15H,5-8H2,1-2H3. The van der Waals surface area contributed by atoms with Crippen LogP contribution in [0.4, 0.5) is 0 Å². The molecule has 1 saturated heterocycles. The van der Waals surface area contributed by atoms with Gasteiger partial charge < -0.3 is 14.6 Å². The molecule has 1 aliphatic rings. The molecule has 3 nitrogen and oxygen atoms in total. The van der Waals surface area contributed by atoms with Gasteiger partial charge >= 0.3 is 0 Å². The highest BCUT2D eigenvalue weighted by molar-refractivity contribution is 7.99. The molecule has 0 aliphatic carbocycles. The van der Waals surface area contributed by atoms with Gasteiger partial charge in [0.1, 0.15) is 6.10 Å². The van der Waals surface area contributed by atoms with Crippen LogP contribution in [0.25, 0.3) is 0 Å². The minimum atomic E-state index is -0.487. The van der Waals surface area contributed by atoms with E-state index in [0.29, 0.717) is 5.75 Å². The van der Waals surface area contributed by atoms with Crippen molar-refractivity contribution in [3.8, 4) is 11.5 Å². The summed E-state index contributed by atoms with van der Waals surface area (Å²) in [6, 6.07) is 5.63. The van der Waals surface area contributed by atoms with Gasteiger partial charge in [-0.3, -0.25) is 0 Å². The molecular weight excluding hydrogens is 248 g/mol. The van der Waals surface area contributed by atoms with Crippen molar-refractivity contribution in [1.82, 2.24) is 0 Å². The Hall–Kier alpha value is -0.870. The lowest BCUT2D eigenvalue weighted by atomic mass is 10.1. The predicted molar refractivity (Wildman–Crippen MR) is 74.6 cm³/mol. The van der Waals surface area contributed by atoms with Gasteiger partial charge in [-0.1, -0.05) is 6.07 Å². The third kappa shape index (κ3) is 3.33. The Balaban J connectivity index is 2.11. The van der Waals surface area contributed by atoms with Gasteiger partial charge in [0.25, 0.3) is 0 Å². The summed E-state index contributed by atoms with van der Waals surface area (Å²) in [5, 5.41) is 9.56. The van der Waals surface area contributed by atoms with Crippen molar-refractivity contribution in [1.29, 1.82) is 0 Å². The first-order valence-electron chi connectivity index (χ1n) is 6.31. The summed E-state index contributed by atoms with van der Waals surface area (Å²) >= 11 is 1.98. The zero-order valence-electron chi connectivity index (χ0n) is 10.9. The fourth-order valence-corrected chi connectivity index (χ4v) is 3.08. The Bertz CT molecular complexity index is 387. The van der Waals surface area contributed by atoms with Crippen LogP contribution in [0.1, 0.15) is 31.4 Å². The number of hydrogen-bond donors (Lipinski definition) is 1. The van der Waals surface area contributed by atoms with Gasteiger partial charge in [0.15, 0.2) is 11.5 Å². The molecule has 1 unspecified atom stereocenters. The maximum Gasteiger partial charge on any atom is 0.161 e. The lowest BCUT2D eigenvalue weighted by Crippen LogP contribution is -2.22. The minimum absolute atomic E-state index is 0.289. The number of rotatable bonds is 4. The van der Waals surface area contributed by atoms with Crippen LogP contribution in [0.3, 0.4) is 0 Å². The van der Waals surface area contributed by atoms with Crippen molar-refractivity contribution in [2.75, 3.05) is 18.6 Å². The number of benzene rings is 1. The number of methoxy groups -OCH3 is 1. The van der Waals surface area contributed by atoms with Gasteiger partial charge in [0.2, 0.25) is 0 Å². The average Bonchev–Trinajstić information content (AvgIpc) is 2.40. The van der Waals surface area contributed by atoms with E-state index in [4.69, 9.17) is 9.47 Å². The first-order valence-corrected chi connectivity index (χ1v) is 7.46. The molecule has 0 amide bonds. The molecule has 1 heterocycles. The van der Waals surface area contributed by atoms with Gasteiger partial charge in [-0.2, -0.15) is 11.8 Å². The quantitative estimate of drug-likeness (QED) is 0.911. The van der Waals surface area contributed by atoms with Crippen LogP contribution in [0.5, 0.6) is 11.5 Å². The summed E-state index contributed by atoms with van der Waals surface area (Å²) in [4.78, 5) is 0. The van der Waals surface area contributed by atoms with Gasteiger partial charge in [0.05, 0.1) is 13.2 Å². The SMILES string of the molecule is COc1cc(C(C)O)ccc1OC1CCSCC1. The number of hydrogen-bond acceptors (Lipinski definition) is 4. The predicted octanol–water partition coefficient (Wildman–Crippen LogP) is 3.02. The van der Waals surface area contributed by atoms with Crippen LogP contribution in [-0.4, -0.2) is 29.8 Å². The van der Waals surface area contributed by atoms with Crippen LogP contribution < -0.4 is 9.47 Å². The molecule has 1 atom stereocenters. The molecule has 1 fully saturated rings. The Morgan fingerprint density at radius 1 is 1.28 bits per heavy atom. The van der Waals surface area contributed by atoms with Crippen molar-refractivity contribution in [2.24, 2.45) is 0 Å². The third-order valence-corrected chi connectivity index (χ3v) is 4.18. The first kappa shape index (κ1) is 13.6. The van der Waals surface area contributed by atoms with Gasteiger partial charge in [-0.25, -0.2) is 0 Å². The Morgan fingerprint density at radius 3 is 2.61 bits per heavy atom. The second-order valence-electron chi connectivity index (χ2n) is 4.52. The minimum Gasteiger partial charge on any atom is -0.493 e. The zero-order valence-corrected chi connectivity index (χ0v) is 11.7. The molecule has 1 aromatic carbocycles. The fraction of sp³-hybridized carbons (Fsp3) is 0.571. The van der Waals surface area contributed by atoms with Gasteiger partial charge in [-0.05, 0) is 49.0 Å². The molecule has 100 valence electrons. The number of thioether (sulfide) groups is 1. The monoisotopic (exact) mass is 268 g/mol. The largest absolute Gasteiger partial charge is 0.493 e. The summed E-state index contributed by atoms with van der Waals surface area (Å²) in [7, 11) is 1.63. The van der Waals surface area contributed by atoms with E-state index in [9.17, 15) is 5.11 Å². The molecular formula is C14H20O3S. The van der Waals surface area contributed by atoms with Crippen molar-refractivity contribution < 1.29 is 14.6 Å². The normalized spacial score (nSPS) is 18.4. The summed E-state index contributed by atoms with van der Waals surface area (Å²) in [5.74, 6) is 3.81. The maximum atomic E-state index is 9.56. The van der Waals surface area contributed by atoms with Crippen LogP contribution in [0.2, 0.25) is 0 Å². The molecule has 4 heteroatoms. The van der Waals surface area contributed by atoms with E-state index in [0.717, 1.165) is 24.2 Å².